The van der Waals surface area contributed by atoms with Gasteiger partial charge in [0, 0.05) is 22.6 Å². The van der Waals surface area contributed by atoms with Crippen molar-refractivity contribution in [2.45, 2.75) is 12.5 Å². The maximum absolute atomic E-state index is 14.1. The van der Waals surface area contributed by atoms with Crippen molar-refractivity contribution in [2.75, 3.05) is 42.7 Å². The van der Waals surface area contributed by atoms with Crippen molar-refractivity contribution in [3.8, 4) is 40.2 Å². The second-order valence-electron chi connectivity index (χ2n) is 9.77. The predicted molar refractivity (Wildman–Crippen MR) is 164 cm³/mol. The summed E-state index contributed by atoms with van der Waals surface area (Å²) in [7, 11) is 9.27. The molecular weight excluding hydrogens is 548 g/mol. The van der Waals surface area contributed by atoms with Gasteiger partial charge in [-0.2, -0.15) is 0 Å². The molecule has 0 fully saturated rings. The Bertz CT molecular complexity index is 1620. The molecule has 5 rings (SSSR count). The molecule has 0 N–H and O–H groups in total. The number of ketones is 1. The van der Waals surface area contributed by atoms with Gasteiger partial charge < -0.3 is 33.2 Å². The van der Waals surface area contributed by atoms with Gasteiger partial charge in [0.25, 0.3) is 0 Å². The van der Waals surface area contributed by atoms with Crippen molar-refractivity contribution >= 4 is 11.9 Å². The number of rotatable bonds is 11. The minimum atomic E-state index is -0.542. The number of Topliss-reactive ketones (excluding diaryl/α,β-unsaturated/α-hetero) is 1. The highest BCUT2D eigenvalue weighted by Gasteiger charge is 2.41. The van der Waals surface area contributed by atoms with Crippen LogP contribution >= 0.6 is 0 Å². The fourth-order valence-corrected chi connectivity index (χ4v) is 5.44. The molecule has 0 saturated carbocycles. The molecule has 43 heavy (non-hydrogen) atoms. The van der Waals surface area contributed by atoms with Crippen LogP contribution in [0.2, 0.25) is 0 Å². The summed E-state index contributed by atoms with van der Waals surface area (Å²) in [5.41, 5.74) is 4.32. The normalized spacial score (nSPS) is 14.7. The minimum Gasteiger partial charge on any atom is -0.493 e. The maximum atomic E-state index is 14.1. The number of fused-ring (bicyclic) bond motifs is 1. The molecule has 0 saturated heterocycles. The van der Waals surface area contributed by atoms with Gasteiger partial charge in [0.15, 0.2) is 28.8 Å². The third kappa shape index (κ3) is 5.56. The summed E-state index contributed by atoms with van der Waals surface area (Å²) >= 11 is 0. The number of allylic oxidation sites excluding steroid dienone is 1. The lowest BCUT2D eigenvalue weighted by Crippen LogP contribution is -2.06. The molecule has 8 heteroatoms. The minimum absolute atomic E-state index is 0.155. The lowest BCUT2D eigenvalue weighted by molar-refractivity contribution is 0.103. The van der Waals surface area contributed by atoms with Gasteiger partial charge in [-0.05, 0) is 53.1 Å². The van der Waals surface area contributed by atoms with Crippen LogP contribution in [-0.2, 0) is 6.61 Å². The van der Waals surface area contributed by atoms with E-state index in [1.54, 1.807) is 34.5 Å². The van der Waals surface area contributed by atoms with Gasteiger partial charge in [0.1, 0.15) is 12.4 Å². The number of methoxy groups -OCH3 is 6. The molecule has 0 heterocycles. The summed E-state index contributed by atoms with van der Waals surface area (Å²) in [6, 6.07) is 23.0. The third-order valence-corrected chi connectivity index (χ3v) is 7.45. The topological polar surface area (TPSA) is 81.7 Å². The van der Waals surface area contributed by atoms with Crippen LogP contribution in [0.3, 0.4) is 0 Å². The van der Waals surface area contributed by atoms with Crippen LogP contribution in [0.4, 0.5) is 0 Å². The van der Waals surface area contributed by atoms with Crippen LogP contribution in [0, 0.1) is 0 Å². The highest BCUT2D eigenvalue weighted by Crippen LogP contribution is 2.55. The molecule has 0 spiro atoms. The number of hydrogen-bond donors (Lipinski definition) is 0. The summed E-state index contributed by atoms with van der Waals surface area (Å²) in [5.74, 6) is 2.63. The summed E-state index contributed by atoms with van der Waals surface area (Å²) in [6.45, 7) is 0.460. The lowest BCUT2D eigenvalue weighted by Gasteiger charge is -2.22. The molecular formula is C35H34O8. The molecule has 1 atom stereocenters. The van der Waals surface area contributed by atoms with E-state index in [1.165, 1.54) is 14.2 Å². The maximum Gasteiger partial charge on any atom is 0.203 e. The number of benzene rings is 4. The zero-order valence-corrected chi connectivity index (χ0v) is 25.1. The molecule has 4 aromatic carbocycles. The molecule has 4 aromatic rings. The molecule has 0 radical (unpaired) electrons. The first-order valence-electron chi connectivity index (χ1n) is 13.6. The zero-order valence-electron chi connectivity index (χ0n) is 25.1. The Morgan fingerprint density at radius 2 is 1.23 bits per heavy atom. The number of carbonyl (C=O) groups is 1. The summed E-state index contributed by atoms with van der Waals surface area (Å²) in [6.07, 6.45) is 1.88. The summed E-state index contributed by atoms with van der Waals surface area (Å²) in [5, 5.41) is 0. The van der Waals surface area contributed by atoms with Crippen LogP contribution < -0.4 is 33.2 Å². The molecule has 0 aliphatic heterocycles. The first-order chi connectivity index (χ1) is 21.0. The Kier molecular flexibility index (Phi) is 8.76. The highest BCUT2D eigenvalue weighted by atomic mass is 16.5. The van der Waals surface area contributed by atoms with E-state index in [1.807, 2.05) is 72.8 Å². The molecule has 222 valence electrons. The molecule has 1 aliphatic carbocycles. The van der Waals surface area contributed by atoms with E-state index in [-0.39, 0.29) is 5.78 Å². The summed E-state index contributed by atoms with van der Waals surface area (Å²) < 4.78 is 40.0. The fraction of sp³-hybridized carbons (Fsp3) is 0.229. The van der Waals surface area contributed by atoms with Crippen molar-refractivity contribution < 1.29 is 38.0 Å². The van der Waals surface area contributed by atoms with E-state index >= 15 is 0 Å². The van der Waals surface area contributed by atoms with Gasteiger partial charge in [-0.25, -0.2) is 0 Å². The third-order valence-electron chi connectivity index (χ3n) is 7.45. The van der Waals surface area contributed by atoms with Gasteiger partial charge in [-0.3, -0.25) is 4.79 Å². The summed E-state index contributed by atoms with van der Waals surface area (Å²) in [4.78, 5) is 14.1. The SMILES string of the molecule is COc1cc(C2/C(=C/c3ccc(OCc4ccccc4)cc3)C(=O)c3cc(OC)c(OC)c(OC)c32)cc(OC)c1OC. The Hall–Kier alpha value is -5.11. The second kappa shape index (κ2) is 12.8. The van der Waals surface area contributed by atoms with Gasteiger partial charge in [-0.1, -0.05) is 42.5 Å². The van der Waals surface area contributed by atoms with E-state index in [4.69, 9.17) is 33.2 Å². The van der Waals surface area contributed by atoms with Gasteiger partial charge >= 0.3 is 0 Å². The van der Waals surface area contributed by atoms with Gasteiger partial charge in [0.05, 0.1) is 42.7 Å². The van der Waals surface area contributed by atoms with Crippen molar-refractivity contribution in [2.24, 2.45) is 0 Å². The molecule has 1 aliphatic rings. The van der Waals surface area contributed by atoms with Crippen molar-refractivity contribution in [1.29, 1.82) is 0 Å². The Morgan fingerprint density at radius 3 is 1.79 bits per heavy atom. The average Bonchev–Trinajstić information content (AvgIpc) is 3.33. The van der Waals surface area contributed by atoms with Crippen LogP contribution in [0.1, 0.15) is 38.5 Å². The Labute approximate surface area is 251 Å². The van der Waals surface area contributed by atoms with Crippen LogP contribution in [0.15, 0.2) is 78.4 Å². The monoisotopic (exact) mass is 582 g/mol. The van der Waals surface area contributed by atoms with E-state index in [2.05, 4.69) is 0 Å². The van der Waals surface area contributed by atoms with Crippen LogP contribution in [0.5, 0.6) is 40.2 Å². The van der Waals surface area contributed by atoms with Crippen molar-refractivity contribution in [3.05, 3.63) is 106 Å². The molecule has 0 aromatic heterocycles. The number of ether oxygens (including phenoxy) is 7. The van der Waals surface area contributed by atoms with E-state index in [9.17, 15) is 4.79 Å². The fourth-order valence-electron chi connectivity index (χ4n) is 5.44. The van der Waals surface area contributed by atoms with Crippen LogP contribution in [-0.4, -0.2) is 48.4 Å². The quantitative estimate of drug-likeness (QED) is 0.180. The number of hydrogen-bond acceptors (Lipinski definition) is 8. The van der Waals surface area contributed by atoms with Crippen LogP contribution in [0.25, 0.3) is 6.08 Å². The number of carbonyl (C=O) groups excluding carboxylic acids is 1. The second-order valence-corrected chi connectivity index (χ2v) is 9.77. The molecule has 1 unspecified atom stereocenters. The molecule has 8 nitrogen and oxygen atoms in total. The zero-order chi connectivity index (χ0) is 30.5. The van der Waals surface area contributed by atoms with E-state index < -0.39 is 5.92 Å². The Morgan fingerprint density at radius 1 is 0.651 bits per heavy atom. The Balaban J connectivity index is 1.63. The largest absolute Gasteiger partial charge is 0.493 e. The lowest BCUT2D eigenvalue weighted by atomic mass is 9.87. The van der Waals surface area contributed by atoms with E-state index in [0.29, 0.717) is 57.8 Å². The average molecular weight is 583 g/mol. The highest BCUT2D eigenvalue weighted by molar-refractivity contribution is 6.18. The first-order valence-corrected chi connectivity index (χ1v) is 13.6. The van der Waals surface area contributed by atoms with Gasteiger partial charge in [-0.15, -0.1) is 0 Å². The first kappa shape index (κ1) is 29.4. The van der Waals surface area contributed by atoms with E-state index in [0.717, 1.165) is 22.4 Å². The predicted octanol–water partition coefficient (Wildman–Crippen LogP) is 6.73. The molecule has 0 amide bonds. The smallest absolute Gasteiger partial charge is 0.203 e. The molecule has 0 bridgehead atoms. The standard InChI is InChI=1S/C35H34O8/c1-37-27-17-23(18-28(38-2)33(27)40-4)30-25(32(36)26-19-29(39-3)34(41-5)35(42-6)31(26)30)16-21-12-14-24(15-13-21)43-20-22-10-8-7-9-11-22/h7-19,30H,20H2,1-6H3/b25-16-. The van der Waals surface area contributed by atoms with Gasteiger partial charge in [0.2, 0.25) is 11.5 Å². The van der Waals surface area contributed by atoms with Crippen molar-refractivity contribution in [1.82, 2.24) is 0 Å². The van der Waals surface area contributed by atoms with Crippen molar-refractivity contribution in [3.63, 3.8) is 0 Å².